The molecular formula is C39H62BrN11O8. The zero-order chi connectivity index (χ0) is 44.1. The van der Waals surface area contributed by atoms with E-state index in [9.17, 15) is 44.5 Å². The van der Waals surface area contributed by atoms with Gasteiger partial charge in [-0.25, -0.2) is 4.79 Å². The number of carboxylic acids is 1. The zero-order valence-corrected chi connectivity index (χ0v) is 36.0. The van der Waals surface area contributed by atoms with Crippen molar-refractivity contribution < 1.29 is 39.0 Å². The van der Waals surface area contributed by atoms with Gasteiger partial charge in [0.15, 0.2) is 5.96 Å². The lowest BCUT2D eigenvalue weighted by molar-refractivity contribution is -0.143. The number of phenols is 1. The summed E-state index contributed by atoms with van der Waals surface area (Å²) in [7, 11) is 0. The predicted molar refractivity (Wildman–Crippen MR) is 226 cm³/mol. The molecule has 1 aliphatic heterocycles. The van der Waals surface area contributed by atoms with Gasteiger partial charge in [-0.2, -0.15) is 0 Å². The molecule has 0 spiro atoms. The van der Waals surface area contributed by atoms with Crippen LogP contribution in [0.2, 0.25) is 0 Å². The van der Waals surface area contributed by atoms with Crippen LogP contribution in [0.1, 0.15) is 97.5 Å². The average Bonchev–Trinajstić information content (AvgIpc) is 3.69. The van der Waals surface area contributed by atoms with E-state index in [1.165, 1.54) is 17.0 Å². The number of aliphatic carboxylic acids is 1. The standard InChI is InChI=1S/C39H62BrN11O8/c1-5-24(4)32(36(56)47-30(38(58)59)21-23(2)3)48-34(54)29(22-25-14-16-26(52)17-15-25)46-35(55)31-13-10-20-51(31)37(57)28(12-9-19-44-39(41)42)45-33(53)27(49-50-43)11-7-6-8-18-40/h14-17,23-24,27-32,52H,5-13,18-22H2,1-4H3,(H,45,53)(H,46,55)(H,47,56)(H,48,54)(H,58,59)(H4,41,42,44)/t24-,27-,28+,29+,30+,31+,32+/m0/s1. The van der Waals surface area contributed by atoms with Crippen LogP contribution in [0.4, 0.5) is 0 Å². The number of carbonyl (C=O) groups excluding carboxylic acids is 5. The molecule has 59 heavy (non-hydrogen) atoms. The number of carbonyl (C=O) groups is 6. The SMILES string of the molecule is CC[C@H](C)[C@@H](NC(=O)[C@@H](Cc1ccc(O)cc1)NC(=O)[C@H]1CCCN1C(=O)[C@@H](CCCN=C(N)N)NC(=O)[C@H](CCCCCBr)N=[N+]=[N-])C(=O)N[C@H](CC(C)C)C(=O)O. The molecule has 1 heterocycles. The average molecular weight is 893 g/mol. The molecule has 0 radical (unpaired) electrons. The number of benzene rings is 1. The Kier molecular flexibility index (Phi) is 22.1. The van der Waals surface area contributed by atoms with E-state index in [1.807, 2.05) is 20.8 Å². The Labute approximate surface area is 354 Å². The molecule has 1 aromatic rings. The lowest BCUT2D eigenvalue weighted by Crippen LogP contribution is -2.60. The third-order valence-electron chi connectivity index (χ3n) is 10.1. The Morgan fingerprint density at radius 3 is 2.19 bits per heavy atom. The molecule has 19 nitrogen and oxygen atoms in total. The van der Waals surface area contributed by atoms with Gasteiger partial charge in [0.1, 0.15) is 42.0 Å². The van der Waals surface area contributed by atoms with Gasteiger partial charge >= 0.3 is 5.97 Å². The molecule has 2 rings (SSSR count). The van der Waals surface area contributed by atoms with E-state index < -0.39 is 77.7 Å². The van der Waals surface area contributed by atoms with Gasteiger partial charge in [0, 0.05) is 29.8 Å². The van der Waals surface area contributed by atoms with E-state index in [1.54, 1.807) is 19.1 Å². The maximum Gasteiger partial charge on any atom is 0.326 e. The Balaban J connectivity index is 2.40. The molecule has 20 heteroatoms. The fourth-order valence-electron chi connectivity index (χ4n) is 6.70. The Hall–Kier alpha value is -5.10. The maximum absolute atomic E-state index is 14.2. The highest BCUT2D eigenvalue weighted by molar-refractivity contribution is 9.09. The summed E-state index contributed by atoms with van der Waals surface area (Å²) in [6.45, 7) is 7.55. The summed E-state index contributed by atoms with van der Waals surface area (Å²) in [5, 5.41) is 34.9. The highest BCUT2D eigenvalue weighted by Crippen LogP contribution is 2.22. The van der Waals surface area contributed by atoms with Gasteiger partial charge in [0.05, 0.1) is 0 Å². The van der Waals surface area contributed by atoms with Crippen LogP contribution in [0.3, 0.4) is 0 Å². The zero-order valence-electron chi connectivity index (χ0n) is 34.4. The van der Waals surface area contributed by atoms with E-state index in [0.717, 1.165) is 18.2 Å². The molecule has 1 saturated heterocycles. The van der Waals surface area contributed by atoms with Crippen LogP contribution in [0.15, 0.2) is 34.4 Å². The van der Waals surface area contributed by atoms with Crippen LogP contribution in [0.25, 0.3) is 10.4 Å². The van der Waals surface area contributed by atoms with Gasteiger partial charge < -0.3 is 47.8 Å². The number of unbranched alkanes of at least 4 members (excludes halogenated alkanes) is 2. The number of nitrogens with one attached hydrogen (secondary N) is 4. The number of alkyl halides is 1. The molecule has 0 unspecified atom stereocenters. The third kappa shape index (κ3) is 17.3. The molecule has 1 fully saturated rings. The number of guanidine groups is 1. The second-order valence-electron chi connectivity index (χ2n) is 15.3. The number of aliphatic imine (C=N–C) groups is 1. The van der Waals surface area contributed by atoms with Gasteiger partial charge in [-0.1, -0.05) is 80.1 Å². The fourth-order valence-corrected chi connectivity index (χ4v) is 7.10. The monoisotopic (exact) mass is 891 g/mol. The van der Waals surface area contributed by atoms with E-state index in [4.69, 9.17) is 11.5 Å². The van der Waals surface area contributed by atoms with Crippen LogP contribution in [-0.2, 0) is 35.2 Å². The minimum Gasteiger partial charge on any atom is -0.508 e. The number of azide groups is 1. The number of halogens is 1. The van der Waals surface area contributed by atoms with Crippen molar-refractivity contribution in [1.29, 1.82) is 0 Å². The minimum atomic E-state index is -1.26. The Morgan fingerprint density at radius 2 is 1.59 bits per heavy atom. The van der Waals surface area contributed by atoms with Gasteiger partial charge in [-0.05, 0) is 80.0 Å². The first-order valence-electron chi connectivity index (χ1n) is 20.2. The van der Waals surface area contributed by atoms with E-state index in [0.29, 0.717) is 31.2 Å². The molecule has 1 aromatic carbocycles. The molecule has 0 bridgehead atoms. The van der Waals surface area contributed by atoms with Gasteiger partial charge in [0.2, 0.25) is 29.5 Å². The van der Waals surface area contributed by atoms with Crippen LogP contribution in [0, 0.1) is 11.8 Å². The number of amides is 5. The normalized spacial score (nSPS) is 16.6. The van der Waals surface area contributed by atoms with Crippen molar-refractivity contribution in [1.82, 2.24) is 26.2 Å². The molecule has 0 saturated carbocycles. The largest absolute Gasteiger partial charge is 0.508 e. The smallest absolute Gasteiger partial charge is 0.326 e. The van der Waals surface area contributed by atoms with E-state index in [-0.39, 0.29) is 62.8 Å². The van der Waals surface area contributed by atoms with Crippen molar-refractivity contribution in [2.75, 3.05) is 18.4 Å². The van der Waals surface area contributed by atoms with E-state index >= 15 is 0 Å². The quantitative estimate of drug-likeness (QED) is 0.0128. The number of carboxylic acid groups (broad SMARTS) is 1. The van der Waals surface area contributed by atoms with Crippen molar-refractivity contribution in [2.24, 2.45) is 33.4 Å². The van der Waals surface area contributed by atoms with Crippen LogP contribution < -0.4 is 32.7 Å². The molecular weight excluding hydrogens is 830 g/mol. The molecule has 328 valence electrons. The molecule has 0 aliphatic carbocycles. The number of likely N-dealkylation sites (tertiary alicyclic amines) is 1. The molecule has 10 N–H and O–H groups in total. The summed E-state index contributed by atoms with van der Waals surface area (Å²) >= 11 is 3.37. The second kappa shape index (κ2) is 26.1. The predicted octanol–water partition coefficient (Wildman–Crippen LogP) is 2.73. The Bertz CT molecular complexity index is 1640. The first-order chi connectivity index (χ1) is 28.0. The van der Waals surface area contributed by atoms with Crippen molar-refractivity contribution in [2.45, 2.75) is 135 Å². The topological polar surface area (TPSA) is 307 Å². The first kappa shape index (κ1) is 50.0. The number of phenolic OH excluding ortho intramolecular Hbond substituents is 1. The Morgan fingerprint density at radius 1 is 0.915 bits per heavy atom. The summed E-state index contributed by atoms with van der Waals surface area (Å²) in [6.07, 6.45) is 4.21. The summed E-state index contributed by atoms with van der Waals surface area (Å²) in [6, 6.07) is -0.800. The highest BCUT2D eigenvalue weighted by atomic mass is 79.9. The summed E-state index contributed by atoms with van der Waals surface area (Å²) in [5.74, 6) is -5.06. The number of hydrogen-bond acceptors (Lipinski definition) is 9. The van der Waals surface area contributed by atoms with Crippen molar-refractivity contribution >= 4 is 57.4 Å². The first-order valence-corrected chi connectivity index (χ1v) is 21.3. The third-order valence-corrected chi connectivity index (χ3v) is 10.7. The second-order valence-corrected chi connectivity index (χ2v) is 16.1. The summed E-state index contributed by atoms with van der Waals surface area (Å²) in [5.41, 5.74) is 20.7. The number of aromatic hydroxyl groups is 1. The summed E-state index contributed by atoms with van der Waals surface area (Å²) < 4.78 is 0. The van der Waals surface area contributed by atoms with Crippen molar-refractivity contribution in [3.8, 4) is 5.75 Å². The lowest BCUT2D eigenvalue weighted by Gasteiger charge is -2.31. The molecule has 5 amide bonds. The molecule has 0 aromatic heterocycles. The van der Waals surface area contributed by atoms with Crippen LogP contribution >= 0.6 is 15.9 Å². The van der Waals surface area contributed by atoms with Gasteiger partial charge in [-0.3, -0.25) is 29.0 Å². The van der Waals surface area contributed by atoms with Crippen molar-refractivity contribution in [3.05, 3.63) is 40.3 Å². The van der Waals surface area contributed by atoms with Crippen LogP contribution in [0.5, 0.6) is 5.75 Å². The molecule has 7 atom stereocenters. The van der Waals surface area contributed by atoms with Gasteiger partial charge in [-0.15, -0.1) is 0 Å². The van der Waals surface area contributed by atoms with Crippen LogP contribution in [-0.4, -0.2) is 111 Å². The van der Waals surface area contributed by atoms with Gasteiger partial charge in [0.25, 0.3) is 0 Å². The van der Waals surface area contributed by atoms with E-state index in [2.05, 4.69) is 52.2 Å². The fraction of sp³-hybridized carbons (Fsp3) is 0.667. The number of rotatable bonds is 26. The number of hydrogen-bond donors (Lipinski definition) is 8. The van der Waals surface area contributed by atoms with Crippen molar-refractivity contribution in [3.63, 3.8) is 0 Å². The highest BCUT2D eigenvalue weighted by Gasteiger charge is 2.40. The summed E-state index contributed by atoms with van der Waals surface area (Å²) in [4.78, 5) is 89.5. The number of nitrogens with two attached hydrogens (primary N) is 2. The number of nitrogens with zero attached hydrogens (tertiary/aromatic N) is 5. The maximum atomic E-state index is 14.2. The molecule has 1 aliphatic rings. The minimum absolute atomic E-state index is 0.0119. The lowest BCUT2D eigenvalue weighted by atomic mass is 9.96.